The highest BCUT2D eigenvalue weighted by atomic mass is 19.4. The highest BCUT2D eigenvalue weighted by Gasteiger charge is 2.60. The van der Waals surface area contributed by atoms with Crippen LogP contribution in [0.3, 0.4) is 0 Å². The molecule has 0 aliphatic carbocycles. The van der Waals surface area contributed by atoms with Crippen molar-refractivity contribution < 1.29 is 76.9 Å². The second kappa shape index (κ2) is 20.4. The first-order valence-corrected chi connectivity index (χ1v) is 20.4. The number of aliphatic hydroxyl groups excluding tert-OH is 1. The third-order valence-corrected chi connectivity index (χ3v) is 12.3. The van der Waals surface area contributed by atoms with E-state index in [1.54, 1.807) is 19.1 Å². The number of nitrogens with zero attached hydrogens (tertiary/aromatic N) is 3. The number of carbonyl (C=O) groups is 3. The smallest absolute Gasteiger partial charge is 0.426 e. The highest BCUT2D eigenvalue weighted by Crippen LogP contribution is 2.42. The molecule has 23 heteroatoms. The first kappa shape index (κ1) is 52.3. The third kappa shape index (κ3) is 13.4. The normalized spacial score (nSPS) is 19.4. The number of hydrogen-bond donors (Lipinski definition) is 4. The Morgan fingerprint density at radius 1 is 0.641 bits per heavy atom. The third-order valence-electron chi connectivity index (χ3n) is 12.3. The Hall–Kier alpha value is -4.35. The van der Waals surface area contributed by atoms with Gasteiger partial charge < -0.3 is 31.5 Å². The van der Waals surface area contributed by atoms with E-state index in [0.717, 1.165) is 60.6 Å². The van der Waals surface area contributed by atoms with Gasteiger partial charge in [-0.1, -0.05) is 24.3 Å². The van der Waals surface area contributed by atoms with Crippen molar-refractivity contribution in [3.05, 3.63) is 69.8 Å². The molecule has 0 saturated carbocycles. The number of nitrogens with two attached hydrogens (primary N) is 2. The largest absolute Gasteiger partial charge is 0.434 e. The number of halogens is 12. The van der Waals surface area contributed by atoms with Gasteiger partial charge in [0.25, 0.3) is 6.10 Å². The quantitative estimate of drug-likeness (QED) is 0.209. The van der Waals surface area contributed by atoms with Crippen molar-refractivity contribution >= 4 is 17.9 Å². The monoisotopic (exact) mass is 936 g/mol. The van der Waals surface area contributed by atoms with E-state index >= 15 is 0 Å². The molecule has 0 atom stereocenters. The Labute approximate surface area is 361 Å². The van der Waals surface area contributed by atoms with Crippen LogP contribution in [0, 0.1) is 13.8 Å². The van der Waals surface area contributed by atoms with Gasteiger partial charge in [0.05, 0.1) is 0 Å². The number of ether oxygens (including phenoxy) is 1. The van der Waals surface area contributed by atoms with Crippen molar-refractivity contribution in [3.63, 3.8) is 0 Å². The van der Waals surface area contributed by atoms with Crippen molar-refractivity contribution in [2.45, 2.75) is 126 Å². The Balaban J connectivity index is 0.000000245. The molecular weight excluding hydrogens is 884 g/mol. The molecule has 0 bridgehead atoms. The zero-order chi connectivity index (χ0) is 48.1. The van der Waals surface area contributed by atoms with Crippen LogP contribution in [-0.2, 0) is 17.8 Å². The zero-order valence-electron chi connectivity index (χ0n) is 35.0. The van der Waals surface area contributed by atoms with E-state index in [9.17, 15) is 67.1 Å². The molecule has 11 nitrogen and oxygen atoms in total. The minimum atomic E-state index is -5.75. The van der Waals surface area contributed by atoms with Crippen LogP contribution >= 0.6 is 0 Å². The summed E-state index contributed by atoms with van der Waals surface area (Å²) in [6, 6.07) is 11.5. The second-order valence-electron chi connectivity index (χ2n) is 16.6. The fourth-order valence-corrected chi connectivity index (χ4v) is 8.80. The van der Waals surface area contributed by atoms with Gasteiger partial charge in [0, 0.05) is 48.4 Å². The summed E-state index contributed by atoms with van der Waals surface area (Å²) in [5.74, 6) is -0.860. The van der Waals surface area contributed by atoms with E-state index < -0.39 is 48.9 Å². The number of rotatable bonds is 7. The number of aryl methyl sites for hydroxylation is 2. The van der Waals surface area contributed by atoms with Crippen molar-refractivity contribution in [3.8, 4) is 0 Å². The lowest BCUT2D eigenvalue weighted by Gasteiger charge is -2.45. The maximum absolute atomic E-state index is 12.7. The molecule has 0 unspecified atom stereocenters. The van der Waals surface area contributed by atoms with Crippen molar-refractivity contribution in [1.82, 2.24) is 20.0 Å². The van der Waals surface area contributed by atoms with Crippen LogP contribution in [0.4, 0.5) is 57.5 Å². The highest BCUT2D eigenvalue weighted by molar-refractivity contribution is 5.95. The lowest BCUT2D eigenvalue weighted by atomic mass is 9.84. The van der Waals surface area contributed by atoms with Crippen LogP contribution in [0.2, 0.25) is 0 Å². The summed E-state index contributed by atoms with van der Waals surface area (Å²) in [7, 11) is 0. The van der Waals surface area contributed by atoms with Gasteiger partial charge in [-0.05, 0) is 126 Å². The van der Waals surface area contributed by atoms with Crippen molar-refractivity contribution in [2.75, 3.05) is 39.3 Å². The SMILES string of the molecule is Cc1ccc(CN2CCCC23CCN(C(=O)OC(C(F)(F)F)C(F)(F)F)CC3)cc1C(N)=O.Cc1ccc(CN2CCCC23CCNCC3)cc1C(N)=O.OC(C(F)(F)F)C(F)(F)F. The molecule has 6 N–H and O–H groups in total. The molecule has 4 aliphatic rings. The van der Waals surface area contributed by atoms with E-state index in [1.807, 2.05) is 25.1 Å². The van der Waals surface area contributed by atoms with Crippen LogP contribution in [0.1, 0.15) is 94.3 Å². The minimum Gasteiger partial charge on any atom is -0.426 e. The summed E-state index contributed by atoms with van der Waals surface area (Å²) in [5.41, 5.74) is 15.8. The number of nitrogens with one attached hydrogen (secondary N) is 1. The van der Waals surface area contributed by atoms with Gasteiger partial charge in [0.1, 0.15) is 0 Å². The molecule has 3 amide bonds. The molecule has 360 valence electrons. The topological polar surface area (TPSA) is 154 Å². The summed E-state index contributed by atoms with van der Waals surface area (Å²) < 4.78 is 146. The van der Waals surface area contributed by atoms with Gasteiger partial charge in [-0.15, -0.1) is 0 Å². The molecular formula is C41H52F12N6O5. The summed E-state index contributed by atoms with van der Waals surface area (Å²) in [4.78, 5) is 40.9. The molecule has 2 aromatic rings. The average Bonchev–Trinajstić information content (AvgIpc) is 3.75. The summed E-state index contributed by atoms with van der Waals surface area (Å²) in [6.45, 7) is 9.28. The van der Waals surface area contributed by atoms with Crippen LogP contribution in [0.25, 0.3) is 0 Å². The Morgan fingerprint density at radius 2 is 1.03 bits per heavy atom. The van der Waals surface area contributed by atoms with E-state index in [4.69, 9.17) is 16.6 Å². The number of piperidine rings is 2. The molecule has 4 fully saturated rings. The minimum absolute atomic E-state index is 0.0157. The lowest BCUT2D eigenvalue weighted by Crippen LogP contribution is -2.54. The predicted molar refractivity (Wildman–Crippen MR) is 208 cm³/mol. The molecule has 2 spiro atoms. The van der Waals surface area contributed by atoms with Crippen molar-refractivity contribution in [2.24, 2.45) is 11.5 Å². The van der Waals surface area contributed by atoms with Gasteiger partial charge in [-0.25, -0.2) is 4.79 Å². The number of amides is 3. The first-order valence-electron chi connectivity index (χ1n) is 20.4. The van der Waals surface area contributed by atoms with E-state index in [0.29, 0.717) is 36.1 Å². The Kier molecular flexibility index (Phi) is 16.7. The van der Waals surface area contributed by atoms with Crippen LogP contribution in [0.5, 0.6) is 0 Å². The van der Waals surface area contributed by atoms with Crippen LogP contribution in [-0.4, -0.2) is 125 Å². The van der Waals surface area contributed by atoms with Gasteiger partial charge in [0.2, 0.25) is 17.9 Å². The number of primary amides is 2. The van der Waals surface area contributed by atoms with Crippen molar-refractivity contribution in [1.29, 1.82) is 0 Å². The number of aliphatic hydroxyl groups is 1. The van der Waals surface area contributed by atoms with Gasteiger partial charge in [-0.2, -0.15) is 52.7 Å². The first-order chi connectivity index (χ1) is 29.5. The maximum atomic E-state index is 12.7. The summed E-state index contributed by atoms with van der Waals surface area (Å²) in [6.07, 6.45) is -25.3. The maximum Gasteiger partial charge on any atom is 0.434 e. The molecule has 2 aromatic carbocycles. The van der Waals surface area contributed by atoms with E-state index in [1.165, 1.54) is 37.8 Å². The molecule has 4 heterocycles. The number of benzene rings is 2. The van der Waals surface area contributed by atoms with Gasteiger partial charge >= 0.3 is 30.8 Å². The number of carbonyl (C=O) groups excluding carboxylic acids is 3. The Morgan fingerprint density at radius 3 is 1.38 bits per heavy atom. The van der Waals surface area contributed by atoms with Gasteiger partial charge in [0.15, 0.2) is 0 Å². The van der Waals surface area contributed by atoms with E-state index in [2.05, 4.69) is 25.9 Å². The fourth-order valence-electron chi connectivity index (χ4n) is 8.80. The molecule has 4 aliphatic heterocycles. The number of likely N-dealkylation sites (tertiary alicyclic amines) is 3. The van der Waals surface area contributed by atoms with Crippen LogP contribution < -0.4 is 16.8 Å². The van der Waals surface area contributed by atoms with E-state index in [-0.39, 0.29) is 24.5 Å². The van der Waals surface area contributed by atoms with Gasteiger partial charge in [-0.3, -0.25) is 19.4 Å². The molecule has 6 rings (SSSR count). The number of hydrogen-bond acceptors (Lipinski definition) is 8. The average molecular weight is 937 g/mol. The summed E-state index contributed by atoms with van der Waals surface area (Å²) in [5, 5.41) is 10.9. The lowest BCUT2D eigenvalue weighted by molar-refractivity contribution is -0.309. The molecule has 4 saturated heterocycles. The predicted octanol–water partition coefficient (Wildman–Crippen LogP) is 7.44. The van der Waals surface area contributed by atoms with Crippen LogP contribution in [0.15, 0.2) is 36.4 Å². The standard InChI is InChI=1S/C21H25F6N3O3.C17H25N3O.C3H2F6O/c1-13-3-4-14(11-15(13)16(28)31)12-30-8-2-5-19(30)6-9-29(10-7-19)18(32)33-17(20(22,23)24)21(25,26)27;1-13-3-4-14(11-15(13)16(18)21)12-20-10-2-5-17(20)6-8-19-9-7-17;4-2(5,6)1(10)3(7,8)9/h3-4,11,17H,2,5-10,12H2,1H3,(H2,28,31);3-4,11,19H,2,5-10,12H2,1H3,(H2,18,21);1,10H. The fraction of sp³-hybridized carbons (Fsp3) is 0.634. The summed E-state index contributed by atoms with van der Waals surface area (Å²) >= 11 is 0. The Bertz CT molecular complexity index is 1900. The molecule has 0 radical (unpaired) electrons. The second-order valence-corrected chi connectivity index (χ2v) is 16.6. The molecule has 0 aromatic heterocycles. The number of alkyl halides is 12. The molecule has 64 heavy (non-hydrogen) atoms. The zero-order valence-corrected chi connectivity index (χ0v) is 35.0.